The van der Waals surface area contributed by atoms with Gasteiger partial charge in [0.05, 0.1) is 12.9 Å². The summed E-state index contributed by atoms with van der Waals surface area (Å²) in [6.45, 7) is 0.436. The summed E-state index contributed by atoms with van der Waals surface area (Å²) in [5.41, 5.74) is 0. The molecule has 122 valence electrons. The molecule has 0 saturated heterocycles. The summed E-state index contributed by atoms with van der Waals surface area (Å²) < 4.78 is 50.5. The highest BCUT2D eigenvalue weighted by atomic mass is 32.3. The van der Waals surface area contributed by atoms with E-state index < -0.39 is 21.5 Å². The van der Waals surface area contributed by atoms with Crippen molar-refractivity contribution in [1.29, 1.82) is 0 Å². The molecule has 2 aromatic rings. The number of hydrogen-bond acceptors (Lipinski definition) is 5. The van der Waals surface area contributed by atoms with Crippen LogP contribution in [0, 0.1) is 0 Å². The van der Waals surface area contributed by atoms with Crippen molar-refractivity contribution in [1.82, 2.24) is 27.8 Å². The average molecular weight is 348 g/mol. The molecule has 0 fully saturated rings. The lowest BCUT2D eigenvalue weighted by atomic mass is 10.6. The minimum Gasteiger partial charge on any atom is -0.336 e. The maximum absolute atomic E-state index is 12.1. The zero-order valence-electron chi connectivity index (χ0n) is 11.5. The van der Waals surface area contributed by atoms with Gasteiger partial charge in [-0.05, 0) is 6.07 Å². The molecular formula is C10H16N6O4S2. The van der Waals surface area contributed by atoms with E-state index in [9.17, 15) is 17.2 Å². The van der Waals surface area contributed by atoms with Crippen LogP contribution in [-0.2, 0) is 34.6 Å². The fraction of sp³-hybridized carbons (Fsp3) is 0.400. The van der Waals surface area contributed by atoms with Crippen LogP contribution in [-0.4, -0.2) is 53.3 Å². The summed E-state index contributed by atoms with van der Waals surface area (Å²) in [4.78, 5) is 3.82. The fourth-order valence-electron chi connectivity index (χ4n) is 1.69. The Balaban J connectivity index is 1.91. The Morgan fingerprint density at radius 2 is 2.09 bits per heavy atom. The summed E-state index contributed by atoms with van der Waals surface area (Å²) in [7, 11) is -4.07. The van der Waals surface area contributed by atoms with Gasteiger partial charge in [0.15, 0.2) is 0 Å². The van der Waals surface area contributed by atoms with Gasteiger partial charge in [-0.2, -0.15) is 18.2 Å². The molecule has 22 heavy (non-hydrogen) atoms. The Kier molecular flexibility index (Phi) is 5.79. The molecule has 1 atom stereocenters. The Labute approximate surface area is 130 Å². The number of aromatic nitrogens is 4. The molecule has 0 bridgehead atoms. The van der Waals surface area contributed by atoms with Crippen molar-refractivity contribution >= 4 is 21.5 Å². The van der Waals surface area contributed by atoms with Crippen molar-refractivity contribution < 1.29 is 17.2 Å². The molecule has 0 aliphatic rings. The molecule has 0 aromatic carbocycles. The van der Waals surface area contributed by atoms with Gasteiger partial charge >= 0.3 is 0 Å². The van der Waals surface area contributed by atoms with Crippen LogP contribution in [0.1, 0.15) is 0 Å². The minimum atomic E-state index is -4.07. The first-order chi connectivity index (χ1) is 10.5. The maximum Gasteiger partial charge on any atom is 0.292 e. The quantitative estimate of drug-likeness (QED) is 0.564. The monoisotopic (exact) mass is 348 g/mol. The van der Waals surface area contributed by atoms with Crippen LogP contribution < -0.4 is 4.72 Å². The molecule has 2 aromatic heterocycles. The van der Waals surface area contributed by atoms with E-state index in [0.29, 0.717) is 10.3 Å². The number of nitrogens with zero attached hydrogens (tertiary/aromatic N) is 5. The molecule has 12 heteroatoms. The summed E-state index contributed by atoms with van der Waals surface area (Å²) >= 11 is -2.65. The molecule has 0 aliphatic heterocycles. The Hall–Kier alpha value is -1.60. The molecule has 2 N–H and O–H groups in total. The van der Waals surface area contributed by atoms with Crippen molar-refractivity contribution in [2.45, 2.75) is 13.1 Å². The van der Waals surface area contributed by atoms with Crippen molar-refractivity contribution in [3.63, 3.8) is 0 Å². The van der Waals surface area contributed by atoms with Crippen LogP contribution in [0.2, 0.25) is 0 Å². The van der Waals surface area contributed by atoms with Crippen LogP contribution in [0.3, 0.4) is 0 Å². The lowest BCUT2D eigenvalue weighted by molar-refractivity contribution is 0.453. The van der Waals surface area contributed by atoms with Gasteiger partial charge in [0.25, 0.3) is 10.2 Å². The molecule has 0 amide bonds. The van der Waals surface area contributed by atoms with E-state index in [4.69, 9.17) is 0 Å². The predicted molar refractivity (Wildman–Crippen MR) is 78.9 cm³/mol. The first-order valence-electron chi connectivity index (χ1n) is 6.30. The first-order valence-corrected chi connectivity index (χ1v) is 8.81. The normalized spacial score (nSPS) is 13.5. The van der Waals surface area contributed by atoms with Gasteiger partial charge in [-0.15, -0.1) is 0 Å². The summed E-state index contributed by atoms with van der Waals surface area (Å²) in [6.07, 6.45) is 7.94. The van der Waals surface area contributed by atoms with Crippen LogP contribution in [0.15, 0.2) is 37.2 Å². The van der Waals surface area contributed by atoms with E-state index >= 15 is 0 Å². The van der Waals surface area contributed by atoms with Crippen LogP contribution in [0.25, 0.3) is 0 Å². The van der Waals surface area contributed by atoms with E-state index in [-0.39, 0.29) is 19.6 Å². The summed E-state index contributed by atoms with van der Waals surface area (Å²) in [5, 5.41) is 3.93. The second-order valence-corrected chi connectivity index (χ2v) is 7.04. The molecule has 0 aliphatic carbocycles. The molecule has 2 heterocycles. The second-order valence-electron chi connectivity index (χ2n) is 4.23. The van der Waals surface area contributed by atoms with E-state index in [1.165, 1.54) is 12.5 Å². The van der Waals surface area contributed by atoms with Gasteiger partial charge in [0.2, 0.25) is 11.3 Å². The van der Waals surface area contributed by atoms with E-state index in [1.807, 2.05) is 0 Å². The smallest absolute Gasteiger partial charge is 0.292 e. The average Bonchev–Trinajstić information content (AvgIpc) is 3.10. The molecule has 2 rings (SSSR count). The Morgan fingerprint density at radius 1 is 1.27 bits per heavy atom. The van der Waals surface area contributed by atoms with Crippen molar-refractivity contribution in [2.75, 3.05) is 13.1 Å². The predicted octanol–water partition coefficient (Wildman–Crippen LogP) is -0.947. The molecular weight excluding hydrogens is 332 g/mol. The molecule has 10 nitrogen and oxygen atoms in total. The van der Waals surface area contributed by atoms with Gasteiger partial charge < -0.3 is 4.57 Å². The number of nitrogens with one attached hydrogen (secondary N) is 1. The van der Waals surface area contributed by atoms with Gasteiger partial charge in [-0.3, -0.25) is 9.23 Å². The maximum atomic E-state index is 12.1. The third-order valence-electron chi connectivity index (χ3n) is 2.73. The topological polar surface area (TPSA) is 122 Å². The largest absolute Gasteiger partial charge is 0.336 e. The standard InChI is InChI=1S/C10H16N6O4S2/c17-21(18)16(9-8-14-6-3-11-10-14)22(19,20)13-4-7-15-5-1-2-12-15/h1-3,5-6,10,13H,4,7-9H2,(H,17,18). The van der Waals surface area contributed by atoms with E-state index in [0.717, 1.165) is 0 Å². The minimum absolute atomic E-state index is 0.0583. The summed E-state index contributed by atoms with van der Waals surface area (Å²) in [6, 6.07) is 1.72. The van der Waals surface area contributed by atoms with E-state index in [2.05, 4.69) is 14.8 Å². The van der Waals surface area contributed by atoms with Gasteiger partial charge in [0.1, 0.15) is 0 Å². The van der Waals surface area contributed by atoms with Crippen molar-refractivity contribution in [2.24, 2.45) is 0 Å². The highest BCUT2D eigenvalue weighted by Crippen LogP contribution is 2.02. The Morgan fingerprint density at radius 3 is 2.68 bits per heavy atom. The van der Waals surface area contributed by atoms with Gasteiger partial charge in [-0.25, -0.2) is 9.19 Å². The Bertz CT molecular complexity index is 685. The number of imidazole rings is 1. The lowest BCUT2D eigenvalue weighted by Gasteiger charge is -2.18. The summed E-state index contributed by atoms with van der Waals surface area (Å²) in [5.74, 6) is 0. The van der Waals surface area contributed by atoms with Crippen molar-refractivity contribution in [3.8, 4) is 0 Å². The third-order valence-corrected chi connectivity index (χ3v) is 5.52. The van der Waals surface area contributed by atoms with Gasteiger partial charge in [0, 0.05) is 44.4 Å². The lowest BCUT2D eigenvalue weighted by Crippen LogP contribution is -2.44. The van der Waals surface area contributed by atoms with E-state index in [1.54, 1.807) is 33.9 Å². The van der Waals surface area contributed by atoms with Gasteiger partial charge in [-0.1, -0.05) is 3.71 Å². The highest BCUT2D eigenvalue weighted by molar-refractivity contribution is 7.98. The zero-order chi connectivity index (χ0) is 16.0. The van der Waals surface area contributed by atoms with Crippen LogP contribution in [0.5, 0.6) is 0 Å². The molecule has 0 spiro atoms. The molecule has 0 radical (unpaired) electrons. The molecule has 0 saturated carbocycles. The van der Waals surface area contributed by atoms with Crippen molar-refractivity contribution in [3.05, 3.63) is 37.2 Å². The number of hydrogen-bond donors (Lipinski definition) is 2. The van der Waals surface area contributed by atoms with Crippen LogP contribution >= 0.6 is 0 Å². The molecule has 1 unspecified atom stereocenters. The number of rotatable bonds is 9. The second kappa shape index (κ2) is 7.60. The third kappa shape index (κ3) is 4.71. The first kappa shape index (κ1) is 16.8. The SMILES string of the molecule is O=S(O)N(CCn1ccnc1)S(=O)(=O)NCCn1cccn1. The van der Waals surface area contributed by atoms with Crippen LogP contribution in [0.4, 0.5) is 0 Å². The highest BCUT2D eigenvalue weighted by Gasteiger charge is 2.26. The zero-order valence-corrected chi connectivity index (χ0v) is 13.2. The fourth-order valence-corrected chi connectivity index (χ4v) is 3.57.